The number of thioether (sulfide) groups is 1. The number of ketones is 1. The van der Waals surface area contributed by atoms with Crippen molar-refractivity contribution in [2.45, 2.75) is 43.6 Å². The number of nitrogens with zero attached hydrogens (tertiary/aromatic N) is 5. The molecule has 0 spiro atoms. The number of rotatable bonds is 4. The number of carbonyl (C=O) groups excluding carboxylic acids is 1. The van der Waals surface area contributed by atoms with Crippen LogP contribution in [0.25, 0.3) is 0 Å². The highest BCUT2D eigenvalue weighted by atomic mass is 32.2. The molecule has 0 radical (unpaired) electrons. The number of hydrogen-bond acceptors (Lipinski definition) is 7. The number of carbonyl (C=O) groups is 1. The van der Waals surface area contributed by atoms with Gasteiger partial charge in [0.1, 0.15) is 6.04 Å². The fourth-order valence-electron chi connectivity index (χ4n) is 4.12. The van der Waals surface area contributed by atoms with Gasteiger partial charge in [-0.3, -0.25) is 14.8 Å². The van der Waals surface area contributed by atoms with E-state index < -0.39 is 0 Å². The van der Waals surface area contributed by atoms with Crippen molar-refractivity contribution in [1.82, 2.24) is 24.7 Å². The van der Waals surface area contributed by atoms with Crippen LogP contribution in [0.2, 0.25) is 0 Å². The summed E-state index contributed by atoms with van der Waals surface area (Å²) in [7, 11) is 0. The van der Waals surface area contributed by atoms with Crippen LogP contribution in [0.1, 0.15) is 44.0 Å². The van der Waals surface area contributed by atoms with E-state index in [1.54, 1.807) is 18.6 Å². The molecule has 0 saturated carbocycles. The standard InChI is InChI=1S/C22H22N6OS/c1-22(2)10-16-18(17(29)11-22)19(14-6-5-8-23-12-14)28-20(25-16)26-21(27-28)30-13-15-7-3-4-9-24-15/h3-9,12,19H,10-11,13H2,1-2H3,(H,25,26,27)/t19-/m0/s1. The second kappa shape index (κ2) is 7.36. The topological polar surface area (TPSA) is 85.6 Å². The molecule has 3 aromatic rings. The Labute approximate surface area is 179 Å². The van der Waals surface area contributed by atoms with Gasteiger partial charge in [0.05, 0.1) is 5.69 Å². The lowest BCUT2D eigenvalue weighted by Gasteiger charge is -2.38. The van der Waals surface area contributed by atoms with Gasteiger partial charge in [0.25, 0.3) is 0 Å². The lowest BCUT2D eigenvalue weighted by Crippen LogP contribution is -2.36. The van der Waals surface area contributed by atoms with E-state index in [1.807, 2.05) is 35.0 Å². The summed E-state index contributed by atoms with van der Waals surface area (Å²) in [6.07, 6.45) is 6.65. The molecule has 0 bridgehead atoms. The van der Waals surface area contributed by atoms with Crippen LogP contribution in [0.5, 0.6) is 0 Å². The summed E-state index contributed by atoms with van der Waals surface area (Å²) in [6, 6.07) is 9.43. The van der Waals surface area contributed by atoms with Gasteiger partial charge in [-0.15, -0.1) is 5.10 Å². The first kappa shape index (κ1) is 19.0. The number of pyridine rings is 2. The predicted molar refractivity (Wildman–Crippen MR) is 115 cm³/mol. The molecule has 5 rings (SSSR count). The summed E-state index contributed by atoms with van der Waals surface area (Å²) < 4.78 is 1.83. The minimum Gasteiger partial charge on any atom is -0.328 e. The van der Waals surface area contributed by atoms with Gasteiger partial charge in [-0.05, 0) is 35.6 Å². The molecule has 0 saturated heterocycles. The number of nitrogens with one attached hydrogen (secondary N) is 1. The Hall–Kier alpha value is -3.00. The van der Waals surface area contributed by atoms with E-state index in [4.69, 9.17) is 10.1 Å². The Kier molecular flexibility index (Phi) is 4.66. The van der Waals surface area contributed by atoms with Gasteiger partial charge in [-0.25, -0.2) is 4.68 Å². The number of hydrogen-bond donors (Lipinski definition) is 1. The molecule has 1 aliphatic heterocycles. The van der Waals surface area contributed by atoms with Gasteiger partial charge in [-0.1, -0.05) is 37.7 Å². The fourth-order valence-corrected chi connectivity index (χ4v) is 4.86. The SMILES string of the molecule is CC1(C)CC(=O)C2=C(C1)Nc1nc(SCc3ccccn3)nn1[C@H]2c1cccnc1. The summed E-state index contributed by atoms with van der Waals surface area (Å²) in [6.45, 7) is 4.26. The predicted octanol–water partition coefficient (Wildman–Crippen LogP) is 4.02. The summed E-state index contributed by atoms with van der Waals surface area (Å²) in [5, 5.41) is 8.81. The van der Waals surface area contributed by atoms with Crippen LogP contribution >= 0.6 is 11.8 Å². The molecular weight excluding hydrogens is 396 g/mol. The van der Waals surface area contributed by atoms with Crippen molar-refractivity contribution in [3.63, 3.8) is 0 Å². The van der Waals surface area contributed by atoms with Crippen LogP contribution in [0.3, 0.4) is 0 Å². The molecule has 0 unspecified atom stereocenters. The quantitative estimate of drug-likeness (QED) is 0.641. The third-order valence-electron chi connectivity index (χ3n) is 5.39. The first-order valence-electron chi connectivity index (χ1n) is 9.93. The third-order valence-corrected chi connectivity index (χ3v) is 6.26. The Bertz CT molecular complexity index is 1120. The first-order valence-corrected chi connectivity index (χ1v) is 10.9. The molecule has 1 N–H and O–H groups in total. The number of aromatic nitrogens is 5. The monoisotopic (exact) mass is 418 g/mol. The van der Waals surface area contributed by atoms with E-state index in [2.05, 4.69) is 29.1 Å². The van der Waals surface area contributed by atoms with Crippen molar-refractivity contribution in [2.75, 3.05) is 5.32 Å². The zero-order chi connectivity index (χ0) is 20.7. The number of fused-ring (bicyclic) bond motifs is 1. The van der Waals surface area contributed by atoms with E-state index in [1.165, 1.54) is 11.8 Å². The highest BCUT2D eigenvalue weighted by Crippen LogP contribution is 2.45. The molecule has 1 atom stereocenters. The average molecular weight is 419 g/mol. The Morgan fingerprint density at radius 3 is 2.87 bits per heavy atom. The average Bonchev–Trinajstić information content (AvgIpc) is 3.13. The van der Waals surface area contributed by atoms with Gasteiger partial charge in [0.2, 0.25) is 11.1 Å². The Morgan fingerprint density at radius 1 is 1.20 bits per heavy atom. The zero-order valence-electron chi connectivity index (χ0n) is 16.9. The molecular formula is C22H22N6OS. The van der Waals surface area contributed by atoms with E-state index in [-0.39, 0.29) is 17.2 Å². The van der Waals surface area contributed by atoms with Gasteiger partial charge in [-0.2, -0.15) is 4.98 Å². The molecule has 3 aromatic heterocycles. The van der Waals surface area contributed by atoms with E-state index >= 15 is 0 Å². The maximum Gasteiger partial charge on any atom is 0.227 e. The van der Waals surface area contributed by atoms with Crippen LogP contribution in [0.15, 0.2) is 65.3 Å². The minimum atomic E-state index is -0.315. The molecule has 4 heterocycles. The van der Waals surface area contributed by atoms with Crippen LogP contribution in [0.4, 0.5) is 5.95 Å². The molecule has 8 heteroatoms. The van der Waals surface area contributed by atoms with Crippen molar-refractivity contribution in [2.24, 2.45) is 5.41 Å². The largest absolute Gasteiger partial charge is 0.328 e. The van der Waals surface area contributed by atoms with Gasteiger partial charge >= 0.3 is 0 Å². The highest BCUT2D eigenvalue weighted by molar-refractivity contribution is 7.98. The summed E-state index contributed by atoms with van der Waals surface area (Å²) in [5.74, 6) is 1.50. The lowest BCUT2D eigenvalue weighted by atomic mass is 9.73. The molecule has 2 aliphatic rings. The molecule has 152 valence electrons. The van der Waals surface area contributed by atoms with Crippen LogP contribution in [-0.2, 0) is 10.5 Å². The Balaban J connectivity index is 1.53. The molecule has 1 aliphatic carbocycles. The minimum absolute atomic E-state index is 0.0822. The van der Waals surface area contributed by atoms with Gasteiger partial charge < -0.3 is 5.32 Å². The third kappa shape index (κ3) is 3.52. The van der Waals surface area contributed by atoms with Crippen molar-refractivity contribution in [1.29, 1.82) is 0 Å². The van der Waals surface area contributed by atoms with E-state index in [0.29, 0.717) is 23.3 Å². The number of allylic oxidation sites excluding steroid dienone is 2. The van der Waals surface area contributed by atoms with Crippen molar-refractivity contribution in [3.05, 3.63) is 71.4 Å². The van der Waals surface area contributed by atoms with Gasteiger partial charge in [0.15, 0.2) is 5.78 Å². The normalized spacial score (nSPS) is 19.8. The second-order valence-electron chi connectivity index (χ2n) is 8.42. The van der Waals surface area contributed by atoms with Gasteiger partial charge in [0, 0.05) is 42.0 Å². The van der Waals surface area contributed by atoms with E-state index in [9.17, 15) is 4.79 Å². The number of Topliss-reactive ketones (excluding diaryl/α,β-unsaturated/α-hetero) is 1. The van der Waals surface area contributed by atoms with Crippen molar-refractivity contribution < 1.29 is 4.79 Å². The maximum absolute atomic E-state index is 13.2. The van der Waals surface area contributed by atoms with E-state index in [0.717, 1.165) is 28.9 Å². The molecule has 0 aromatic carbocycles. The number of anilines is 1. The Morgan fingerprint density at radius 2 is 2.10 bits per heavy atom. The summed E-state index contributed by atoms with van der Waals surface area (Å²) >= 11 is 1.53. The smallest absolute Gasteiger partial charge is 0.227 e. The molecule has 0 amide bonds. The molecule has 7 nitrogen and oxygen atoms in total. The fraction of sp³-hybridized carbons (Fsp3) is 0.318. The summed E-state index contributed by atoms with van der Waals surface area (Å²) in [4.78, 5) is 26.5. The lowest BCUT2D eigenvalue weighted by molar-refractivity contribution is -0.118. The van der Waals surface area contributed by atoms with Crippen molar-refractivity contribution in [3.8, 4) is 0 Å². The van der Waals surface area contributed by atoms with Crippen LogP contribution < -0.4 is 5.32 Å². The van der Waals surface area contributed by atoms with Crippen molar-refractivity contribution >= 4 is 23.5 Å². The second-order valence-corrected chi connectivity index (χ2v) is 9.36. The van der Waals surface area contributed by atoms with Crippen LogP contribution in [-0.4, -0.2) is 30.5 Å². The summed E-state index contributed by atoms with van der Waals surface area (Å²) in [5.41, 5.74) is 3.56. The first-order chi connectivity index (χ1) is 14.5. The van der Waals surface area contributed by atoms with Crippen LogP contribution in [0, 0.1) is 5.41 Å². The zero-order valence-corrected chi connectivity index (χ0v) is 17.7. The maximum atomic E-state index is 13.2. The molecule has 0 fully saturated rings. The highest BCUT2D eigenvalue weighted by Gasteiger charge is 2.41. The molecule has 30 heavy (non-hydrogen) atoms.